The van der Waals surface area contributed by atoms with Crippen LogP contribution in [-0.4, -0.2) is 0 Å². The van der Waals surface area contributed by atoms with Gasteiger partial charge in [-0.25, -0.2) is 0 Å². The molecule has 0 amide bonds. The highest BCUT2D eigenvalue weighted by molar-refractivity contribution is 5.90. The van der Waals surface area contributed by atoms with Gasteiger partial charge in [0, 0.05) is 17.1 Å². The Balaban J connectivity index is 1.02. The Kier molecular flexibility index (Phi) is 9.68. The third kappa shape index (κ3) is 7.46. The summed E-state index contributed by atoms with van der Waals surface area (Å²) in [4.78, 5) is 2.36. The third-order valence-electron chi connectivity index (χ3n) is 11.3. The highest BCUT2D eigenvalue weighted by Crippen LogP contribution is 2.40. The van der Waals surface area contributed by atoms with Gasteiger partial charge in [-0.1, -0.05) is 200 Å². The molecule has 0 unspecified atom stereocenters. The Hall–Kier alpha value is -7.74. The molecule has 0 spiro atoms. The first kappa shape index (κ1) is 35.7. The summed E-state index contributed by atoms with van der Waals surface area (Å²) >= 11 is 0. The monoisotopic (exact) mass is 751 g/mol. The molecule has 0 N–H and O–H groups in total. The minimum atomic E-state index is 1.09. The Labute approximate surface area is 346 Å². The molecule has 0 atom stereocenters. The molecule has 0 heterocycles. The van der Waals surface area contributed by atoms with Gasteiger partial charge in [0.1, 0.15) is 0 Å². The Morgan fingerprint density at radius 3 is 1.03 bits per heavy atom. The number of hydrogen-bond acceptors (Lipinski definition) is 1. The van der Waals surface area contributed by atoms with Gasteiger partial charge in [-0.3, -0.25) is 0 Å². The molecule has 10 aromatic rings. The molecule has 10 aromatic carbocycles. The van der Waals surface area contributed by atoms with Crippen LogP contribution >= 0.6 is 0 Å². The molecule has 0 aliphatic carbocycles. The van der Waals surface area contributed by atoms with Gasteiger partial charge in [-0.15, -0.1) is 0 Å². The van der Waals surface area contributed by atoms with E-state index in [1.807, 2.05) is 0 Å². The van der Waals surface area contributed by atoms with Crippen LogP contribution in [0.4, 0.5) is 17.1 Å². The molecule has 0 saturated carbocycles. The van der Waals surface area contributed by atoms with Crippen LogP contribution in [0.2, 0.25) is 0 Å². The van der Waals surface area contributed by atoms with Crippen molar-refractivity contribution in [3.63, 3.8) is 0 Å². The van der Waals surface area contributed by atoms with E-state index in [0.29, 0.717) is 0 Å². The third-order valence-corrected chi connectivity index (χ3v) is 11.3. The quantitative estimate of drug-likeness (QED) is 0.142. The zero-order valence-corrected chi connectivity index (χ0v) is 32.6. The molecule has 0 aliphatic heterocycles. The lowest BCUT2D eigenvalue weighted by atomic mass is 9.91. The molecule has 1 heteroatoms. The minimum absolute atomic E-state index is 1.09. The average molecular weight is 752 g/mol. The van der Waals surface area contributed by atoms with Crippen LogP contribution in [0, 0.1) is 0 Å². The molecule has 59 heavy (non-hydrogen) atoms. The summed E-state index contributed by atoms with van der Waals surface area (Å²) in [7, 11) is 0. The van der Waals surface area contributed by atoms with Crippen molar-refractivity contribution in [3.8, 4) is 66.8 Å². The Bertz CT molecular complexity index is 2970. The fraction of sp³-hybridized carbons (Fsp3) is 0. The van der Waals surface area contributed by atoms with Crippen molar-refractivity contribution in [1.82, 2.24) is 0 Å². The lowest BCUT2D eigenvalue weighted by Crippen LogP contribution is -2.09. The summed E-state index contributed by atoms with van der Waals surface area (Å²) in [5, 5.41) is 2.50. The van der Waals surface area contributed by atoms with E-state index in [1.54, 1.807) is 0 Å². The zero-order chi connectivity index (χ0) is 39.4. The van der Waals surface area contributed by atoms with Crippen molar-refractivity contribution in [2.24, 2.45) is 0 Å². The smallest absolute Gasteiger partial charge is 0.0462 e. The van der Waals surface area contributed by atoms with E-state index >= 15 is 0 Å². The van der Waals surface area contributed by atoms with Gasteiger partial charge in [0.15, 0.2) is 0 Å². The van der Waals surface area contributed by atoms with Crippen LogP contribution in [0.25, 0.3) is 77.5 Å². The van der Waals surface area contributed by atoms with Gasteiger partial charge in [-0.2, -0.15) is 0 Å². The number of fused-ring (bicyclic) bond motifs is 1. The lowest BCUT2D eigenvalue weighted by Gasteiger charge is -2.26. The first-order valence-corrected chi connectivity index (χ1v) is 20.2. The Morgan fingerprint density at radius 1 is 0.186 bits per heavy atom. The van der Waals surface area contributed by atoms with Crippen LogP contribution in [0.5, 0.6) is 0 Å². The summed E-state index contributed by atoms with van der Waals surface area (Å²) in [5.74, 6) is 0. The fourth-order valence-electron chi connectivity index (χ4n) is 8.16. The predicted octanol–water partition coefficient (Wildman–Crippen LogP) is 16.3. The lowest BCUT2D eigenvalue weighted by molar-refractivity contribution is 1.28. The van der Waals surface area contributed by atoms with Crippen molar-refractivity contribution in [3.05, 3.63) is 249 Å². The molecule has 1 nitrogen and oxygen atoms in total. The van der Waals surface area contributed by atoms with E-state index < -0.39 is 0 Å². The molecule has 0 saturated heterocycles. The van der Waals surface area contributed by atoms with Crippen LogP contribution in [-0.2, 0) is 0 Å². The molecule has 278 valence electrons. The van der Waals surface area contributed by atoms with Gasteiger partial charge < -0.3 is 4.90 Å². The van der Waals surface area contributed by atoms with Crippen molar-refractivity contribution < 1.29 is 0 Å². The maximum Gasteiger partial charge on any atom is 0.0462 e. The number of hydrogen-bond donors (Lipinski definition) is 0. The molecule has 0 bridgehead atoms. The van der Waals surface area contributed by atoms with Crippen LogP contribution in [0.15, 0.2) is 249 Å². The number of nitrogens with zero attached hydrogens (tertiary/aromatic N) is 1. The summed E-state index contributed by atoms with van der Waals surface area (Å²) in [5.41, 5.74) is 17.7. The normalized spacial score (nSPS) is 11.1. The van der Waals surface area contributed by atoms with Gasteiger partial charge in [0.05, 0.1) is 0 Å². The molecule has 0 radical (unpaired) electrons. The SMILES string of the molecule is c1ccc(-c2ccc(-c3ccc(N(c4ccc(-c5ccc6ccccc6c5)cc4)c4ccc(-c5cc(-c6ccccc6)ccc5-c5ccccc5)cc4)cc3)cc2)cc1. The van der Waals surface area contributed by atoms with E-state index in [-0.39, 0.29) is 0 Å². The summed E-state index contributed by atoms with van der Waals surface area (Å²) in [6.45, 7) is 0. The summed E-state index contributed by atoms with van der Waals surface area (Å²) < 4.78 is 0. The molecular formula is C58H41N. The van der Waals surface area contributed by atoms with E-state index in [9.17, 15) is 0 Å². The standard InChI is InChI=1S/C58H41N/c1-4-12-42(13-5-1)45-20-22-46(23-21-45)47-26-33-54(34-27-47)59(55-35-28-48(29-36-55)52-25-24-44-16-10-11-19-51(44)40-52)56-37-30-50(31-38-56)58-41-53(43-14-6-2-7-15-43)32-39-57(58)49-17-8-3-9-18-49/h1-41H. The fourth-order valence-corrected chi connectivity index (χ4v) is 8.16. The predicted molar refractivity (Wildman–Crippen MR) is 251 cm³/mol. The summed E-state index contributed by atoms with van der Waals surface area (Å²) in [6, 6.07) is 89.8. The molecule has 10 rings (SSSR count). The number of anilines is 3. The highest BCUT2D eigenvalue weighted by atomic mass is 15.1. The first-order valence-electron chi connectivity index (χ1n) is 20.2. The highest BCUT2D eigenvalue weighted by Gasteiger charge is 2.16. The minimum Gasteiger partial charge on any atom is -0.311 e. The van der Waals surface area contributed by atoms with Gasteiger partial charge in [0.25, 0.3) is 0 Å². The van der Waals surface area contributed by atoms with Gasteiger partial charge in [-0.05, 0) is 126 Å². The molecule has 0 aliphatic rings. The maximum atomic E-state index is 2.36. The van der Waals surface area contributed by atoms with Gasteiger partial charge >= 0.3 is 0 Å². The topological polar surface area (TPSA) is 3.24 Å². The summed E-state index contributed by atoms with van der Waals surface area (Å²) in [6.07, 6.45) is 0. The van der Waals surface area contributed by atoms with Gasteiger partial charge in [0.2, 0.25) is 0 Å². The van der Waals surface area contributed by atoms with E-state index in [2.05, 4.69) is 254 Å². The molecule has 0 aromatic heterocycles. The van der Waals surface area contributed by atoms with Crippen LogP contribution in [0.3, 0.4) is 0 Å². The largest absolute Gasteiger partial charge is 0.311 e. The van der Waals surface area contributed by atoms with Crippen LogP contribution in [0.1, 0.15) is 0 Å². The van der Waals surface area contributed by atoms with Crippen molar-refractivity contribution in [1.29, 1.82) is 0 Å². The van der Waals surface area contributed by atoms with Crippen molar-refractivity contribution in [2.75, 3.05) is 4.90 Å². The van der Waals surface area contributed by atoms with Crippen molar-refractivity contribution >= 4 is 27.8 Å². The zero-order valence-electron chi connectivity index (χ0n) is 32.6. The van der Waals surface area contributed by atoms with Crippen molar-refractivity contribution in [2.45, 2.75) is 0 Å². The Morgan fingerprint density at radius 2 is 0.508 bits per heavy atom. The number of rotatable bonds is 9. The maximum absolute atomic E-state index is 2.36. The number of benzene rings is 10. The second kappa shape index (κ2) is 16.0. The van der Waals surface area contributed by atoms with E-state index in [4.69, 9.17) is 0 Å². The second-order valence-corrected chi connectivity index (χ2v) is 15.0. The molecule has 0 fully saturated rings. The average Bonchev–Trinajstić information content (AvgIpc) is 3.33. The van der Waals surface area contributed by atoms with Crippen LogP contribution < -0.4 is 4.90 Å². The van der Waals surface area contributed by atoms with E-state index in [0.717, 1.165) is 17.1 Å². The first-order chi connectivity index (χ1) is 29.2. The van der Waals surface area contributed by atoms with E-state index in [1.165, 1.54) is 77.5 Å². The second-order valence-electron chi connectivity index (χ2n) is 15.0. The molecular weight excluding hydrogens is 711 g/mol.